The molecule has 0 amide bonds. The number of Topliss-reactive ketones (excluding diaryl/α,β-unsaturated/α-hetero) is 2. The molecule has 7 aliphatic rings. The number of carboxylic acid groups (broad SMARTS) is 1. The third-order valence-corrected chi connectivity index (χ3v) is 24.2. The van der Waals surface area contributed by atoms with Crippen LogP contribution in [0.15, 0.2) is 195 Å². The summed E-state index contributed by atoms with van der Waals surface area (Å²) in [6.45, 7) is 21.9. The molecule has 0 radical (unpaired) electrons. The van der Waals surface area contributed by atoms with Crippen molar-refractivity contribution in [2.45, 2.75) is 166 Å². The summed E-state index contributed by atoms with van der Waals surface area (Å²) in [5, 5.41) is 76.6. The predicted octanol–water partition coefficient (Wildman–Crippen LogP) is 9.48. The van der Waals surface area contributed by atoms with E-state index < -0.39 is 94.3 Å². The molecule has 2 aliphatic carbocycles. The molecule has 8 aromatic carbocycles. The lowest BCUT2D eigenvalue weighted by molar-refractivity contribution is -0.152. The highest BCUT2D eigenvalue weighted by atomic mass is 16.5. The van der Waals surface area contributed by atoms with Gasteiger partial charge in [0.25, 0.3) is 0 Å². The zero-order valence-corrected chi connectivity index (χ0v) is 70.9. The van der Waals surface area contributed by atoms with Crippen molar-refractivity contribution in [3.63, 3.8) is 0 Å². The number of carbonyl (C=O) groups is 7. The number of nitrogens with zero attached hydrogens (tertiary/aromatic N) is 5. The molecular weight excluding hydrogens is 1560 g/mol. The molecule has 27 nitrogen and oxygen atoms in total. The van der Waals surface area contributed by atoms with Crippen LogP contribution in [0, 0.1) is 22.7 Å². The van der Waals surface area contributed by atoms with Crippen molar-refractivity contribution in [3.8, 4) is 23.0 Å². The molecule has 0 bridgehead atoms. The molecule has 5 heterocycles. The molecule has 2 saturated carbocycles. The fourth-order valence-electron chi connectivity index (χ4n) is 17.8. The Morgan fingerprint density at radius 2 is 0.656 bits per heavy atom. The monoisotopic (exact) mass is 1670 g/mol. The molecule has 0 spiro atoms. The summed E-state index contributed by atoms with van der Waals surface area (Å²) in [7, 11) is -1.19. The molecular formula is C90H112B5N5O22. The Labute approximate surface area is 714 Å². The fraction of sp³-hybridized carbons (Fsp3) is 0.433. The maximum absolute atomic E-state index is 13.3. The van der Waals surface area contributed by atoms with Crippen molar-refractivity contribution in [2.24, 2.45) is 22.7 Å². The average Bonchev–Trinajstić information content (AvgIpc) is 1.58. The van der Waals surface area contributed by atoms with Crippen LogP contribution >= 0.6 is 0 Å². The second kappa shape index (κ2) is 42.0. The van der Waals surface area contributed by atoms with Gasteiger partial charge in [-0.3, -0.25) is 33.6 Å². The van der Waals surface area contributed by atoms with E-state index in [2.05, 4.69) is 17.9 Å². The number of aliphatic hydroxyl groups is 1. The Morgan fingerprint density at radius 1 is 0.393 bits per heavy atom. The van der Waals surface area contributed by atoms with Crippen LogP contribution in [-0.4, -0.2) is 257 Å². The van der Waals surface area contributed by atoms with Crippen LogP contribution < -0.4 is 18.9 Å². The Hall–Kier alpha value is -9.95. The van der Waals surface area contributed by atoms with Crippen LogP contribution in [-0.2, 0) is 52.5 Å². The molecule has 5 saturated heterocycles. The molecule has 8 aromatic rings. The van der Waals surface area contributed by atoms with Crippen LogP contribution in [0.5, 0.6) is 23.0 Å². The lowest BCUT2D eigenvalue weighted by Gasteiger charge is -2.25. The molecule has 122 heavy (non-hydrogen) atoms. The standard InChI is InChI=1S/2C25H30BNO5.C17H20BNO4.C16H18BNO4.C7H14BNO4/c2*1-4-18-14-25(18,24(29)31-5-2)15-22(28)21-13-19(16-27(21)26(3)30)32-23-12-8-10-17-9-6-7-11-20(17)23;1-18(21)19-11-13(10-15(19)17(20)22-2)23-16-9-5-7-12-6-3-4-8-14(12)16;1-17(21)18-10-12(9-14(18)16(19)20)22-15-8-4-6-11-5-2-3-7-13(11)15;1-8(12)9-4-5(10)3-6(9)7(11)13-2/h2*4,6-12,18-19,21,30H,1,5,13-16H2,2-3H3;3-9,13,15,21H,10-11H2,1-2H3;2-8,12,14,21H,9-10H2,1H3,(H,19,20);5-6,10,12H,3-4H2,1-2H3/t18-,19+,21-,25-;18-,19-,21+,25-;13-,15+;12-,14+;5?,6-/m01110/s1. The third-order valence-electron chi connectivity index (χ3n) is 24.2. The highest BCUT2D eigenvalue weighted by Gasteiger charge is 2.63. The van der Waals surface area contributed by atoms with Crippen LogP contribution in [0.4, 0.5) is 0 Å². The third kappa shape index (κ3) is 22.0. The van der Waals surface area contributed by atoms with E-state index in [1.165, 1.54) is 19.0 Å². The zero-order valence-electron chi connectivity index (χ0n) is 70.9. The second-order valence-electron chi connectivity index (χ2n) is 32.4. The number of ether oxygens (including phenoxy) is 8. The topological polar surface area (TPSA) is 351 Å². The number of fused-ring (bicyclic) bond motifs is 4. The maximum atomic E-state index is 13.3. The van der Waals surface area contributed by atoms with Crippen molar-refractivity contribution in [2.75, 3.05) is 60.2 Å². The van der Waals surface area contributed by atoms with Gasteiger partial charge in [0.1, 0.15) is 77.1 Å². The van der Waals surface area contributed by atoms with E-state index in [1.54, 1.807) is 79.4 Å². The molecule has 7 N–H and O–H groups in total. The van der Waals surface area contributed by atoms with E-state index in [4.69, 9.17) is 33.2 Å². The Bertz CT molecular complexity index is 4810. The Morgan fingerprint density at radius 3 is 0.926 bits per heavy atom. The molecule has 1 unspecified atom stereocenters. The quantitative estimate of drug-likeness (QED) is 0.0104. The van der Waals surface area contributed by atoms with E-state index in [9.17, 15) is 68.9 Å². The molecule has 32 heteroatoms. The minimum atomic E-state index is -0.926. The van der Waals surface area contributed by atoms with Gasteiger partial charge in [-0.15, -0.1) is 13.2 Å². The first-order valence-electron chi connectivity index (χ1n) is 42.0. The van der Waals surface area contributed by atoms with Gasteiger partial charge in [0.2, 0.25) is 0 Å². The minimum absolute atomic E-state index is 0.0466. The minimum Gasteiger partial charge on any atom is -0.488 e. The summed E-state index contributed by atoms with van der Waals surface area (Å²) in [6.07, 6.45) is 5.49. The van der Waals surface area contributed by atoms with Crippen LogP contribution in [0.2, 0.25) is 34.1 Å². The van der Waals surface area contributed by atoms with Gasteiger partial charge in [-0.25, -0.2) is 0 Å². The van der Waals surface area contributed by atoms with E-state index in [1.807, 2.05) is 170 Å². The number of allylic oxidation sites excluding steroid dienone is 2. The molecule has 5 aliphatic heterocycles. The lowest BCUT2D eigenvalue weighted by atomic mass is 9.82. The molecule has 644 valence electrons. The van der Waals surface area contributed by atoms with Crippen LogP contribution in [0.25, 0.3) is 43.1 Å². The predicted molar refractivity (Wildman–Crippen MR) is 470 cm³/mol. The first kappa shape index (κ1) is 92.8. The molecule has 0 aromatic heterocycles. The zero-order chi connectivity index (χ0) is 87.9. The summed E-state index contributed by atoms with van der Waals surface area (Å²) in [4.78, 5) is 94.6. The normalized spacial score (nSPS) is 25.3. The summed E-state index contributed by atoms with van der Waals surface area (Å²) < 4.78 is 44.7. The SMILES string of the molecule is C=C[C@@H]1C[C@]1(CC(=O)[C@@H]1C[C@@H](Oc2cccc3ccccc23)CN1B(C)O)C(=O)OCC.C=C[C@H]1C[C@@]1(CC(=O)[C@@H]1C[C@@H](Oc2cccc3ccccc23)CN1B(C)O)C(=O)OCC.CB(O)N1C[C@H](Oc2cccc3ccccc23)C[C@H]1C(=O)O.COC(=O)[C@@H]1CC(O)CN1B(C)O.COC(=O)[C@@H]1C[C@@H](Oc2cccc3ccccc23)CN1B(C)O. The van der Waals surface area contributed by atoms with Gasteiger partial charge in [-0.05, 0) is 125 Å². The van der Waals surface area contributed by atoms with E-state index in [-0.39, 0.29) is 91.8 Å². The highest BCUT2D eigenvalue weighted by Crippen LogP contribution is 2.59. The first-order chi connectivity index (χ1) is 58.5. The summed E-state index contributed by atoms with van der Waals surface area (Å²) in [6, 6.07) is 52.8. The number of carbonyl (C=O) groups excluding carboxylic acids is 6. The number of aliphatic hydroxyl groups excluding tert-OH is 1. The van der Waals surface area contributed by atoms with E-state index in [0.29, 0.717) is 77.7 Å². The Balaban J connectivity index is 0.000000153. The fourth-order valence-corrected chi connectivity index (χ4v) is 17.8. The van der Waals surface area contributed by atoms with Gasteiger partial charge in [0, 0.05) is 92.8 Å². The number of methoxy groups -OCH3 is 2. The van der Waals surface area contributed by atoms with Gasteiger partial charge in [-0.2, -0.15) is 0 Å². The maximum Gasteiger partial charge on any atom is 0.377 e. The molecule has 14 atom stereocenters. The van der Waals surface area contributed by atoms with Gasteiger partial charge < -0.3 is 97.3 Å². The van der Waals surface area contributed by atoms with Crippen molar-refractivity contribution in [3.05, 3.63) is 195 Å². The lowest BCUT2D eigenvalue weighted by Crippen LogP contribution is -2.46. The summed E-state index contributed by atoms with van der Waals surface area (Å²) in [5.74, 6) is 0.532. The van der Waals surface area contributed by atoms with Crippen molar-refractivity contribution in [1.29, 1.82) is 0 Å². The largest absolute Gasteiger partial charge is 0.488 e. The Kier molecular flexibility index (Phi) is 31.9. The van der Waals surface area contributed by atoms with Crippen LogP contribution in [0.3, 0.4) is 0 Å². The number of aliphatic carboxylic acids is 1. The van der Waals surface area contributed by atoms with E-state index in [0.717, 1.165) is 66.1 Å². The van der Waals surface area contributed by atoms with Crippen LogP contribution in [0.1, 0.15) is 71.6 Å². The van der Waals surface area contributed by atoms with Crippen molar-refractivity contribution in [1.82, 2.24) is 24.1 Å². The first-order valence-corrected chi connectivity index (χ1v) is 42.0. The number of benzene rings is 8. The average molecular weight is 1670 g/mol. The van der Waals surface area contributed by atoms with Gasteiger partial charge >= 0.3 is 65.1 Å². The second-order valence-corrected chi connectivity index (χ2v) is 32.4. The molecule has 15 rings (SSSR count). The number of β-amino-alcohol motifs (C(OH)–C–C–N with tert-alkyl or cyclic N) is 1. The van der Waals surface area contributed by atoms with Gasteiger partial charge in [0.05, 0.1) is 56.5 Å². The smallest absolute Gasteiger partial charge is 0.377 e. The van der Waals surface area contributed by atoms with Crippen molar-refractivity contribution >= 4 is 120 Å². The summed E-state index contributed by atoms with van der Waals surface area (Å²) >= 11 is 0. The summed E-state index contributed by atoms with van der Waals surface area (Å²) in [5.41, 5.74) is -1.62. The highest BCUT2D eigenvalue weighted by molar-refractivity contribution is 6.47. The molecule has 7 fully saturated rings. The van der Waals surface area contributed by atoms with Gasteiger partial charge in [0.15, 0.2) is 0 Å². The number of ketones is 2. The number of carboxylic acids is 1. The number of hydrogen-bond acceptors (Lipinski definition) is 26. The van der Waals surface area contributed by atoms with E-state index >= 15 is 0 Å². The van der Waals surface area contributed by atoms with Crippen molar-refractivity contribution < 1.29 is 107 Å². The number of hydrogen-bond donors (Lipinski definition) is 7. The number of esters is 4. The van der Waals surface area contributed by atoms with Gasteiger partial charge in [-0.1, -0.05) is 158 Å². The number of rotatable bonds is 28.